The Morgan fingerprint density at radius 3 is 2.47 bits per heavy atom. The van der Waals surface area contributed by atoms with Gasteiger partial charge < -0.3 is 14.3 Å². The summed E-state index contributed by atoms with van der Waals surface area (Å²) < 4.78 is 6.78. The Kier molecular flexibility index (Phi) is 6.16. The molecule has 0 N–H and O–H groups in total. The minimum absolute atomic E-state index is 0.206. The third-order valence-corrected chi connectivity index (χ3v) is 6.31. The molecule has 174 valence electrons. The molecule has 5 heterocycles. The molecule has 0 bridgehead atoms. The molecule has 0 unspecified atom stereocenters. The third kappa shape index (κ3) is 4.46. The predicted octanol–water partition coefficient (Wildman–Crippen LogP) is 3.07. The Morgan fingerprint density at radius 1 is 1.00 bits per heavy atom. The third-order valence-electron chi connectivity index (χ3n) is 5.80. The van der Waals surface area contributed by atoms with Crippen LogP contribution < -0.4 is 15.4 Å². The van der Waals surface area contributed by atoms with Crippen LogP contribution in [-0.2, 0) is 6.54 Å². The molecule has 1 aliphatic heterocycles. The summed E-state index contributed by atoms with van der Waals surface area (Å²) in [4.78, 5) is 21.3. The normalized spacial score (nSPS) is 14.0. The molecule has 4 aromatic rings. The van der Waals surface area contributed by atoms with E-state index in [4.69, 9.17) is 27.7 Å². The number of piperazine rings is 1. The monoisotopic (exact) mass is 498 g/mol. The molecule has 1 fully saturated rings. The standard InChI is InChI=1S/C22H20Cl2N8O2/c1-14-17(22(29-34-14)15-2-3-20(24)25-9-15)13-32-21(33)8-16(10-28-32)30-4-6-31(7-5-30)19-12-27-26-11-18(19)23/h2-3,8-12H,4-7,13H2,1H3. The first-order valence-electron chi connectivity index (χ1n) is 10.6. The van der Waals surface area contributed by atoms with Crippen molar-refractivity contribution >= 4 is 34.6 Å². The fourth-order valence-corrected chi connectivity index (χ4v) is 4.25. The van der Waals surface area contributed by atoms with Gasteiger partial charge >= 0.3 is 0 Å². The number of halogens is 2. The molecular formula is C22H20Cl2N8O2. The second kappa shape index (κ2) is 9.40. The quantitative estimate of drug-likeness (QED) is 0.383. The van der Waals surface area contributed by atoms with Gasteiger partial charge in [0.05, 0.1) is 41.5 Å². The Morgan fingerprint density at radius 2 is 1.76 bits per heavy atom. The van der Waals surface area contributed by atoms with E-state index in [1.807, 2.05) is 6.07 Å². The molecule has 4 aromatic heterocycles. The molecule has 0 aliphatic carbocycles. The SMILES string of the molecule is Cc1onc(-c2ccc(Cl)nc2)c1Cn1ncc(N2CCN(c3cnncc3Cl)CC2)cc1=O. The Balaban J connectivity index is 1.31. The van der Waals surface area contributed by atoms with Gasteiger partial charge in [-0.05, 0) is 19.1 Å². The second-order valence-electron chi connectivity index (χ2n) is 7.84. The van der Waals surface area contributed by atoms with Crippen LogP contribution in [0.5, 0.6) is 0 Å². The van der Waals surface area contributed by atoms with Crippen molar-refractivity contribution < 1.29 is 4.52 Å². The fourth-order valence-electron chi connectivity index (χ4n) is 3.92. The topological polar surface area (TPSA) is 106 Å². The lowest BCUT2D eigenvalue weighted by Gasteiger charge is -2.37. The molecule has 0 spiro atoms. The van der Waals surface area contributed by atoms with Gasteiger partial charge in [0.2, 0.25) is 0 Å². The van der Waals surface area contributed by atoms with Crippen molar-refractivity contribution in [2.24, 2.45) is 0 Å². The van der Waals surface area contributed by atoms with Gasteiger partial charge in [-0.3, -0.25) is 4.79 Å². The van der Waals surface area contributed by atoms with Crippen molar-refractivity contribution in [2.75, 3.05) is 36.0 Å². The van der Waals surface area contributed by atoms with E-state index >= 15 is 0 Å². The summed E-state index contributed by atoms with van der Waals surface area (Å²) in [6, 6.07) is 5.10. The number of pyridine rings is 1. The number of aryl methyl sites for hydroxylation is 1. The molecule has 0 aromatic carbocycles. The number of rotatable bonds is 5. The summed E-state index contributed by atoms with van der Waals surface area (Å²) in [6.07, 6.45) is 6.54. The molecule has 34 heavy (non-hydrogen) atoms. The van der Waals surface area contributed by atoms with Crippen molar-refractivity contribution in [3.8, 4) is 11.3 Å². The van der Waals surface area contributed by atoms with Gasteiger partial charge in [0.15, 0.2) is 0 Å². The van der Waals surface area contributed by atoms with Crippen LogP contribution in [0.15, 0.2) is 52.3 Å². The summed E-state index contributed by atoms with van der Waals surface area (Å²) in [5, 5.41) is 17.2. The molecule has 5 rings (SSSR count). The maximum absolute atomic E-state index is 12.9. The average Bonchev–Trinajstić information content (AvgIpc) is 3.21. The van der Waals surface area contributed by atoms with Crippen molar-refractivity contribution in [1.82, 2.24) is 30.1 Å². The number of anilines is 2. The van der Waals surface area contributed by atoms with Gasteiger partial charge in [0.25, 0.3) is 5.56 Å². The van der Waals surface area contributed by atoms with Crippen molar-refractivity contribution in [2.45, 2.75) is 13.5 Å². The van der Waals surface area contributed by atoms with Crippen LogP contribution in [-0.4, -0.2) is 56.3 Å². The Labute approximate surface area is 204 Å². The van der Waals surface area contributed by atoms with Crippen LogP contribution in [0, 0.1) is 6.92 Å². The summed E-state index contributed by atoms with van der Waals surface area (Å²) in [5.41, 5.74) is 3.57. The lowest BCUT2D eigenvalue weighted by molar-refractivity contribution is 0.397. The minimum Gasteiger partial charge on any atom is -0.367 e. The van der Waals surface area contributed by atoms with Gasteiger partial charge in [-0.1, -0.05) is 28.4 Å². The van der Waals surface area contributed by atoms with Gasteiger partial charge in [-0.15, -0.1) is 0 Å². The van der Waals surface area contributed by atoms with Gasteiger partial charge in [-0.2, -0.15) is 15.3 Å². The molecular weight excluding hydrogens is 479 g/mol. The lowest BCUT2D eigenvalue weighted by Crippen LogP contribution is -2.47. The highest BCUT2D eigenvalue weighted by molar-refractivity contribution is 6.33. The highest BCUT2D eigenvalue weighted by Gasteiger charge is 2.21. The minimum atomic E-state index is -0.206. The van der Waals surface area contributed by atoms with Crippen molar-refractivity contribution in [1.29, 1.82) is 0 Å². The van der Waals surface area contributed by atoms with E-state index < -0.39 is 0 Å². The zero-order chi connectivity index (χ0) is 23.7. The van der Waals surface area contributed by atoms with Crippen LogP contribution >= 0.6 is 23.2 Å². The number of hydrogen-bond acceptors (Lipinski definition) is 9. The molecule has 1 aliphatic rings. The highest BCUT2D eigenvalue weighted by Crippen LogP contribution is 2.27. The Bertz CT molecular complexity index is 1360. The number of aromatic nitrogens is 6. The van der Waals surface area contributed by atoms with Crippen LogP contribution in [0.25, 0.3) is 11.3 Å². The first-order valence-corrected chi connectivity index (χ1v) is 11.4. The van der Waals surface area contributed by atoms with Crippen LogP contribution in [0.1, 0.15) is 11.3 Å². The second-order valence-corrected chi connectivity index (χ2v) is 8.64. The molecule has 12 heteroatoms. The Hall–Kier alpha value is -3.50. The largest absolute Gasteiger partial charge is 0.367 e. The van der Waals surface area contributed by atoms with Crippen LogP contribution in [0.4, 0.5) is 11.4 Å². The summed E-state index contributed by atoms with van der Waals surface area (Å²) >= 11 is 12.1. The van der Waals surface area contributed by atoms with Crippen molar-refractivity contribution in [3.05, 3.63) is 74.8 Å². The van der Waals surface area contributed by atoms with Gasteiger partial charge in [0.1, 0.15) is 16.6 Å². The first kappa shape index (κ1) is 22.3. The number of nitrogens with zero attached hydrogens (tertiary/aromatic N) is 8. The fraction of sp³-hybridized carbons (Fsp3) is 0.273. The first-order chi connectivity index (χ1) is 16.5. The number of hydrogen-bond donors (Lipinski definition) is 0. The molecule has 0 radical (unpaired) electrons. The molecule has 1 saturated heterocycles. The smallest absolute Gasteiger partial charge is 0.269 e. The maximum Gasteiger partial charge on any atom is 0.269 e. The molecule has 0 amide bonds. The zero-order valence-electron chi connectivity index (χ0n) is 18.2. The van der Waals surface area contributed by atoms with Crippen molar-refractivity contribution in [3.63, 3.8) is 0 Å². The molecule has 0 saturated carbocycles. The van der Waals surface area contributed by atoms with E-state index in [1.54, 1.807) is 43.8 Å². The van der Waals surface area contributed by atoms with E-state index in [1.165, 1.54) is 4.68 Å². The molecule has 0 atom stereocenters. The van der Waals surface area contributed by atoms with E-state index in [2.05, 4.69) is 35.2 Å². The lowest BCUT2D eigenvalue weighted by atomic mass is 10.1. The summed E-state index contributed by atoms with van der Waals surface area (Å²) in [5.74, 6) is 0.614. The van der Waals surface area contributed by atoms with E-state index in [0.29, 0.717) is 21.6 Å². The van der Waals surface area contributed by atoms with Crippen LogP contribution in [0.3, 0.4) is 0 Å². The van der Waals surface area contributed by atoms with E-state index in [-0.39, 0.29) is 12.1 Å². The summed E-state index contributed by atoms with van der Waals surface area (Å²) in [6.45, 7) is 4.97. The van der Waals surface area contributed by atoms with Gasteiger partial charge in [-0.25, -0.2) is 9.67 Å². The highest BCUT2D eigenvalue weighted by atomic mass is 35.5. The van der Waals surface area contributed by atoms with Gasteiger partial charge in [0, 0.05) is 49.6 Å². The predicted molar refractivity (Wildman–Crippen MR) is 129 cm³/mol. The van der Waals surface area contributed by atoms with E-state index in [0.717, 1.165) is 48.7 Å². The van der Waals surface area contributed by atoms with Crippen LogP contribution in [0.2, 0.25) is 10.2 Å². The zero-order valence-corrected chi connectivity index (χ0v) is 19.7. The summed E-state index contributed by atoms with van der Waals surface area (Å²) in [7, 11) is 0. The average molecular weight is 499 g/mol. The molecule has 10 nitrogen and oxygen atoms in total. The maximum atomic E-state index is 12.9. The van der Waals surface area contributed by atoms with E-state index in [9.17, 15) is 4.79 Å².